The van der Waals surface area contributed by atoms with Crippen molar-refractivity contribution in [2.75, 3.05) is 6.54 Å². The standard InChI is InChI=1S/C15H26BrNS/c1-6-9-15(5,11-17-14(2,3)4)10-12-7-8-13(16)18-12/h7-8,17H,6,9-11H2,1-5H3. The minimum atomic E-state index is 0.199. The molecule has 1 unspecified atom stereocenters. The van der Waals surface area contributed by atoms with Gasteiger partial charge in [0.25, 0.3) is 0 Å². The lowest BCUT2D eigenvalue weighted by Crippen LogP contribution is -2.43. The van der Waals surface area contributed by atoms with Gasteiger partial charge in [0.05, 0.1) is 3.79 Å². The maximum atomic E-state index is 3.67. The summed E-state index contributed by atoms with van der Waals surface area (Å²) in [5.74, 6) is 0. The summed E-state index contributed by atoms with van der Waals surface area (Å²) >= 11 is 5.42. The quantitative estimate of drug-likeness (QED) is 0.750. The molecule has 1 nitrogen and oxygen atoms in total. The average molecular weight is 332 g/mol. The molecule has 1 heterocycles. The van der Waals surface area contributed by atoms with Crippen molar-refractivity contribution in [3.8, 4) is 0 Å². The van der Waals surface area contributed by atoms with Crippen LogP contribution in [-0.4, -0.2) is 12.1 Å². The van der Waals surface area contributed by atoms with E-state index in [0.717, 1.165) is 6.54 Å². The van der Waals surface area contributed by atoms with Crippen LogP contribution in [0.15, 0.2) is 15.9 Å². The Labute approximate surface area is 125 Å². The van der Waals surface area contributed by atoms with E-state index in [1.165, 1.54) is 27.9 Å². The van der Waals surface area contributed by atoms with Gasteiger partial charge in [0.15, 0.2) is 0 Å². The highest BCUT2D eigenvalue weighted by molar-refractivity contribution is 9.11. The lowest BCUT2D eigenvalue weighted by Gasteiger charge is -2.33. The van der Waals surface area contributed by atoms with Crippen LogP contribution in [0.1, 0.15) is 52.3 Å². The van der Waals surface area contributed by atoms with Crippen molar-refractivity contribution in [1.29, 1.82) is 0 Å². The fraction of sp³-hybridized carbons (Fsp3) is 0.733. The Morgan fingerprint density at radius 3 is 2.33 bits per heavy atom. The Kier molecular flexibility index (Phi) is 5.88. The molecule has 0 aliphatic carbocycles. The fourth-order valence-electron chi connectivity index (χ4n) is 2.19. The molecule has 0 fully saturated rings. The van der Waals surface area contributed by atoms with Crippen molar-refractivity contribution < 1.29 is 0 Å². The van der Waals surface area contributed by atoms with Gasteiger partial charge in [0.1, 0.15) is 0 Å². The molecule has 1 aromatic heterocycles. The molecule has 1 aromatic rings. The summed E-state index contributed by atoms with van der Waals surface area (Å²) in [6, 6.07) is 4.41. The molecule has 104 valence electrons. The molecule has 0 aliphatic heterocycles. The summed E-state index contributed by atoms with van der Waals surface area (Å²) < 4.78 is 1.24. The highest BCUT2D eigenvalue weighted by Crippen LogP contribution is 2.32. The van der Waals surface area contributed by atoms with Crippen molar-refractivity contribution in [2.24, 2.45) is 5.41 Å². The van der Waals surface area contributed by atoms with Crippen LogP contribution in [0.5, 0.6) is 0 Å². The van der Waals surface area contributed by atoms with E-state index in [-0.39, 0.29) is 5.54 Å². The fourth-order valence-corrected chi connectivity index (χ4v) is 3.89. The maximum absolute atomic E-state index is 3.67. The smallest absolute Gasteiger partial charge is 0.0701 e. The van der Waals surface area contributed by atoms with Crippen LogP contribution in [0, 0.1) is 5.41 Å². The third-order valence-electron chi connectivity index (χ3n) is 3.13. The third kappa shape index (κ3) is 5.85. The Morgan fingerprint density at radius 2 is 1.89 bits per heavy atom. The molecule has 18 heavy (non-hydrogen) atoms. The van der Waals surface area contributed by atoms with Gasteiger partial charge in [-0.2, -0.15) is 0 Å². The van der Waals surface area contributed by atoms with Crippen molar-refractivity contribution in [1.82, 2.24) is 5.32 Å². The predicted octanol–water partition coefficient (Wildman–Crippen LogP) is 5.25. The third-order valence-corrected chi connectivity index (χ3v) is 4.75. The van der Waals surface area contributed by atoms with Gasteiger partial charge in [-0.1, -0.05) is 20.3 Å². The number of nitrogens with one attached hydrogen (secondary N) is 1. The van der Waals surface area contributed by atoms with Crippen molar-refractivity contribution >= 4 is 27.3 Å². The molecule has 0 saturated carbocycles. The minimum Gasteiger partial charge on any atom is -0.312 e. The molecule has 1 N–H and O–H groups in total. The second-order valence-corrected chi connectivity index (χ2v) is 9.09. The highest BCUT2D eigenvalue weighted by Gasteiger charge is 2.26. The summed E-state index contributed by atoms with van der Waals surface area (Å²) in [5, 5.41) is 3.67. The first-order chi connectivity index (χ1) is 8.24. The maximum Gasteiger partial charge on any atom is 0.0701 e. The molecule has 0 bridgehead atoms. The van der Waals surface area contributed by atoms with E-state index < -0.39 is 0 Å². The molecule has 1 atom stereocenters. The van der Waals surface area contributed by atoms with Crippen LogP contribution in [0.25, 0.3) is 0 Å². The summed E-state index contributed by atoms with van der Waals surface area (Å²) in [6.45, 7) is 12.5. The number of hydrogen-bond acceptors (Lipinski definition) is 2. The number of thiophene rings is 1. The molecular weight excluding hydrogens is 306 g/mol. The van der Waals surface area contributed by atoms with E-state index in [0.29, 0.717) is 5.41 Å². The van der Waals surface area contributed by atoms with Crippen molar-refractivity contribution in [3.05, 3.63) is 20.8 Å². The van der Waals surface area contributed by atoms with Gasteiger partial charge < -0.3 is 5.32 Å². The highest BCUT2D eigenvalue weighted by atomic mass is 79.9. The van der Waals surface area contributed by atoms with Gasteiger partial charge in [0, 0.05) is 17.0 Å². The van der Waals surface area contributed by atoms with E-state index in [1.807, 2.05) is 11.3 Å². The monoisotopic (exact) mass is 331 g/mol. The molecule has 0 aromatic carbocycles. The summed E-state index contributed by atoms with van der Waals surface area (Å²) in [5.41, 5.74) is 0.553. The molecule has 0 saturated heterocycles. The van der Waals surface area contributed by atoms with Crippen molar-refractivity contribution in [3.63, 3.8) is 0 Å². The first-order valence-electron chi connectivity index (χ1n) is 6.73. The van der Waals surface area contributed by atoms with Crippen LogP contribution >= 0.6 is 27.3 Å². The van der Waals surface area contributed by atoms with Gasteiger partial charge in [-0.25, -0.2) is 0 Å². The second kappa shape index (κ2) is 6.53. The van der Waals surface area contributed by atoms with E-state index in [2.05, 4.69) is 68.0 Å². The second-order valence-electron chi connectivity index (χ2n) is 6.55. The average Bonchev–Trinajstić information content (AvgIpc) is 2.60. The van der Waals surface area contributed by atoms with E-state index in [4.69, 9.17) is 0 Å². The molecular formula is C15H26BrNS. The molecule has 0 amide bonds. The van der Waals surface area contributed by atoms with Gasteiger partial charge in [0.2, 0.25) is 0 Å². The van der Waals surface area contributed by atoms with E-state index in [1.54, 1.807) is 0 Å². The Hall–Kier alpha value is 0.140. The van der Waals surface area contributed by atoms with E-state index >= 15 is 0 Å². The molecule has 3 heteroatoms. The van der Waals surface area contributed by atoms with Crippen LogP contribution in [0.3, 0.4) is 0 Å². The summed E-state index contributed by atoms with van der Waals surface area (Å²) in [4.78, 5) is 1.48. The van der Waals surface area contributed by atoms with Crippen LogP contribution < -0.4 is 5.32 Å². The molecule has 1 rings (SSSR count). The largest absolute Gasteiger partial charge is 0.312 e. The Balaban J connectivity index is 2.67. The predicted molar refractivity (Wildman–Crippen MR) is 86.5 cm³/mol. The van der Waals surface area contributed by atoms with Gasteiger partial charge in [-0.3, -0.25) is 0 Å². The number of halogens is 1. The SMILES string of the molecule is CCCC(C)(CNC(C)(C)C)Cc1ccc(Br)s1. The van der Waals surface area contributed by atoms with Gasteiger partial charge >= 0.3 is 0 Å². The number of hydrogen-bond donors (Lipinski definition) is 1. The number of rotatable bonds is 6. The molecule has 0 aliphatic rings. The van der Waals surface area contributed by atoms with Gasteiger partial charge in [-0.05, 0) is 67.1 Å². The van der Waals surface area contributed by atoms with E-state index in [9.17, 15) is 0 Å². The van der Waals surface area contributed by atoms with Crippen LogP contribution in [-0.2, 0) is 6.42 Å². The lowest BCUT2D eigenvalue weighted by molar-refractivity contribution is 0.245. The molecule has 0 spiro atoms. The Bertz CT molecular complexity index is 367. The lowest BCUT2D eigenvalue weighted by atomic mass is 9.81. The Morgan fingerprint density at radius 1 is 1.22 bits per heavy atom. The minimum absolute atomic E-state index is 0.199. The summed E-state index contributed by atoms with van der Waals surface area (Å²) in [7, 11) is 0. The zero-order valence-electron chi connectivity index (χ0n) is 12.3. The first kappa shape index (κ1) is 16.2. The molecule has 0 radical (unpaired) electrons. The normalized spacial score (nSPS) is 15.7. The first-order valence-corrected chi connectivity index (χ1v) is 8.34. The topological polar surface area (TPSA) is 12.0 Å². The summed E-state index contributed by atoms with van der Waals surface area (Å²) in [6.07, 6.45) is 3.68. The zero-order chi connectivity index (χ0) is 13.8. The van der Waals surface area contributed by atoms with Crippen LogP contribution in [0.2, 0.25) is 0 Å². The van der Waals surface area contributed by atoms with Crippen LogP contribution in [0.4, 0.5) is 0 Å². The van der Waals surface area contributed by atoms with Crippen molar-refractivity contribution in [2.45, 2.75) is 59.4 Å². The zero-order valence-corrected chi connectivity index (χ0v) is 14.7. The van der Waals surface area contributed by atoms with Gasteiger partial charge in [-0.15, -0.1) is 11.3 Å².